The fourth-order valence-electron chi connectivity index (χ4n) is 7.48. The van der Waals surface area contributed by atoms with E-state index in [4.69, 9.17) is 9.16 Å². The van der Waals surface area contributed by atoms with E-state index in [-0.39, 0.29) is 33.0 Å². The number of benzene rings is 2. The highest BCUT2D eigenvalue weighted by Crippen LogP contribution is 2.64. The number of hydrogen-bond donors (Lipinski definition) is 0. The van der Waals surface area contributed by atoms with Crippen LogP contribution >= 0.6 is 0 Å². The first kappa shape index (κ1) is 31.6. The summed E-state index contributed by atoms with van der Waals surface area (Å²) in [7, 11) is -11.6. The molecule has 0 radical (unpaired) electrons. The summed E-state index contributed by atoms with van der Waals surface area (Å²) in [6.45, 7) is 14.7. The Morgan fingerprint density at radius 3 is 1.86 bits per heavy atom. The highest BCUT2D eigenvalue weighted by atomic mass is 32.3. The lowest BCUT2D eigenvalue weighted by molar-refractivity contribution is -0.193. The molecule has 0 aromatic heterocycles. The normalized spacial score (nSPS) is 30.2. The monoisotopic (exact) mass is 654 g/mol. The quantitative estimate of drug-likeness (QED) is 0.256. The molecule has 2 aromatic carbocycles. The van der Waals surface area contributed by atoms with E-state index in [1.807, 2.05) is 13.0 Å². The average Bonchev–Trinajstić information content (AvgIpc) is 3.46. The van der Waals surface area contributed by atoms with E-state index in [1.165, 1.54) is 29.8 Å². The summed E-state index contributed by atoms with van der Waals surface area (Å²) < 4.78 is 70.2. The van der Waals surface area contributed by atoms with Gasteiger partial charge in [-0.3, -0.25) is 4.79 Å². The molecule has 7 nitrogen and oxygen atoms in total. The highest BCUT2D eigenvalue weighted by molar-refractivity contribution is 8.10. The SMILES string of the molecule is CC1=C(C)C[C@]2(O[Si](C)(C)C(C)(C)C)C(=O)[C@@]34CC(S(=O)(=O)c5ccccc5)(S(=O)(=O)c5ccccc5)CC3=C[C@H](O4)[C@@H]2C1. The zero-order valence-electron chi connectivity index (χ0n) is 26.5. The van der Waals surface area contributed by atoms with Crippen molar-refractivity contribution in [2.45, 2.75) is 110 Å². The third kappa shape index (κ3) is 4.13. The number of carbonyl (C=O) groups excluding carboxylic acids is 1. The van der Waals surface area contributed by atoms with Crippen LogP contribution in [0.25, 0.3) is 0 Å². The zero-order chi connectivity index (χ0) is 32.1. The van der Waals surface area contributed by atoms with Gasteiger partial charge in [-0.25, -0.2) is 16.8 Å². The van der Waals surface area contributed by atoms with Gasteiger partial charge < -0.3 is 9.16 Å². The van der Waals surface area contributed by atoms with E-state index >= 15 is 4.79 Å². The number of Topliss-reactive ketones (excluding diaryl/α,β-unsaturated/α-hetero) is 1. The van der Waals surface area contributed by atoms with Crippen LogP contribution in [-0.4, -0.2) is 52.3 Å². The second-order valence-corrected chi connectivity index (χ2v) is 24.1. The second-order valence-electron chi connectivity index (χ2n) is 14.6. The number of fused-ring (bicyclic) bond motifs is 3. The van der Waals surface area contributed by atoms with Crippen molar-refractivity contribution in [2.75, 3.05) is 0 Å². The molecule has 4 aliphatic rings. The lowest BCUT2D eigenvalue weighted by Crippen LogP contribution is -2.69. The van der Waals surface area contributed by atoms with Crippen molar-refractivity contribution in [3.05, 3.63) is 83.5 Å². The third-order valence-corrected chi connectivity index (χ3v) is 21.2. The van der Waals surface area contributed by atoms with E-state index in [2.05, 4.69) is 40.8 Å². The van der Waals surface area contributed by atoms with Gasteiger partial charge >= 0.3 is 0 Å². The summed E-state index contributed by atoms with van der Waals surface area (Å²) in [5.74, 6) is -0.623. The summed E-state index contributed by atoms with van der Waals surface area (Å²) in [6, 6.07) is 15.3. The molecule has 0 unspecified atom stereocenters. The van der Waals surface area contributed by atoms with Crippen LogP contribution in [-0.2, 0) is 33.6 Å². The molecule has 2 aromatic rings. The van der Waals surface area contributed by atoms with Crippen molar-refractivity contribution in [1.29, 1.82) is 0 Å². The molecule has 2 fully saturated rings. The predicted octanol–water partition coefficient (Wildman–Crippen LogP) is 6.58. The Labute approximate surface area is 262 Å². The summed E-state index contributed by atoms with van der Waals surface area (Å²) in [5.41, 5.74) is -0.268. The summed E-state index contributed by atoms with van der Waals surface area (Å²) in [6.07, 6.45) is 1.49. The van der Waals surface area contributed by atoms with Crippen LogP contribution in [0.4, 0.5) is 0 Å². The maximum atomic E-state index is 15.3. The topological polar surface area (TPSA) is 104 Å². The summed E-state index contributed by atoms with van der Waals surface area (Å²) in [5, 5.41) is -0.200. The van der Waals surface area contributed by atoms with Gasteiger partial charge in [-0.15, -0.1) is 0 Å². The predicted molar refractivity (Wildman–Crippen MR) is 172 cm³/mol. The first-order valence-electron chi connectivity index (χ1n) is 15.2. The van der Waals surface area contributed by atoms with Crippen LogP contribution in [0, 0.1) is 5.92 Å². The van der Waals surface area contributed by atoms with Crippen LogP contribution < -0.4 is 0 Å². The van der Waals surface area contributed by atoms with Crippen LogP contribution in [0.3, 0.4) is 0 Å². The Morgan fingerprint density at radius 2 is 1.36 bits per heavy atom. The zero-order valence-corrected chi connectivity index (χ0v) is 29.1. The van der Waals surface area contributed by atoms with Crippen molar-refractivity contribution < 1.29 is 30.8 Å². The van der Waals surface area contributed by atoms with Crippen LogP contribution in [0.15, 0.2) is 93.2 Å². The molecular formula is C34H42O7S2Si. The minimum absolute atomic E-state index is 0.103. The molecule has 10 heteroatoms. The Bertz CT molecular complexity index is 1740. The molecular weight excluding hydrogens is 613 g/mol. The van der Waals surface area contributed by atoms with Crippen molar-refractivity contribution in [3.8, 4) is 0 Å². The van der Waals surface area contributed by atoms with E-state index in [0.29, 0.717) is 18.4 Å². The molecule has 1 spiro atoms. The maximum absolute atomic E-state index is 15.3. The molecule has 0 amide bonds. The van der Waals surface area contributed by atoms with Gasteiger partial charge in [0.15, 0.2) is 43.5 Å². The van der Waals surface area contributed by atoms with E-state index < -0.39 is 55.8 Å². The standard InChI is InChI=1S/C34H42O7S2Si/c1-23-18-28-29-19-25-21-32(42(36,37)26-14-10-8-11-15-26,43(38,39)27-16-12-9-13-17-27)22-34(25,40-29)30(35)33(28,20-24(23)2)41-44(6,7)31(3,4)5/h8-17,19,28-29H,18,20-22H2,1-7H3/t28-,29-,33+,34+/m0/s1. The number of carbonyl (C=O) groups is 1. The van der Waals surface area contributed by atoms with Gasteiger partial charge in [0.25, 0.3) is 0 Å². The smallest absolute Gasteiger partial charge is 0.200 e. The summed E-state index contributed by atoms with van der Waals surface area (Å²) >= 11 is 0. The van der Waals surface area contributed by atoms with Crippen molar-refractivity contribution in [2.24, 2.45) is 5.92 Å². The molecule has 2 bridgehead atoms. The Kier molecular flexibility index (Phi) is 7.05. The van der Waals surface area contributed by atoms with Gasteiger partial charge in [-0.1, -0.05) is 74.4 Å². The molecule has 236 valence electrons. The van der Waals surface area contributed by atoms with Crippen LogP contribution in [0.1, 0.15) is 60.3 Å². The van der Waals surface area contributed by atoms with Crippen molar-refractivity contribution >= 4 is 33.8 Å². The number of ether oxygens (including phenoxy) is 1. The fourth-order valence-corrected chi connectivity index (χ4v) is 14.1. The molecule has 2 aliphatic carbocycles. The largest absolute Gasteiger partial charge is 0.403 e. The number of sulfone groups is 2. The number of hydrogen-bond acceptors (Lipinski definition) is 7. The van der Waals surface area contributed by atoms with Gasteiger partial charge in [-0.2, -0.15) is 0 Å². The van der Waals surface area contributed by atoms with Crippen LogP contribution in [0.2, 0.25) is 18.1 Å². The molecule has 1 saturated carbocycles. The highest BCUT2D eigenvalue weighted by Gasteiger charge is 2.76. The first-order valence-corrected chi connectivity index (χ1v) is 21.1. The van der Waals surface area contributed by atoms with Crippen molar-refractivity contribution in [3.63, 3.8) is 0 Å². The molecule has 0 N–H and O–H groups in total. The molecule has 1 saturated heterocycles. The Morgan fingerprint density at radius 1 is 0.841 bits per heavy atom. The lowest BCUT2D eigenvalue weighted by atomic mass is 9.65. The first-order chi connectivity index (χ1) is 20.3. The van der Waals surface area contributed by atoms with Crippen LogP contribution in [0.5, 0.6) is 0 Å². The Hall–Kier alpha value is -2.37. The summed E-state index contributed by atoms with van der Waals surface area (Å²) in [4.78, 5) is 15.1. The van der Waals surface area contributed by atoms with Crippen molar-refractivity contribution in [1.82, 2.24) is 0 Å². The second kappa shape index (κ2) is 9.81. The molecule has 4 atom stereocenters. The Balaban J connectivity index is 1.58. The molecule has 44 heavy (non-hydrogen) atoms. The lowest BCUT2D eigenvalue weighted by Gasteiger charge is -2.56. The average molecular weight is 655 g/mol. The fraction of sp³-hybridized carbons (Fsp3) is 0.500. The van der Waals surface area contributed by atoms with Gasteiger partial charge in [0.2, 0.25) is 0 Å². The van der Waals surface area contributed by atoms with E-state index in [0.717, 1.165) is 5.57 Å². The minimum Gasteiger partial charge on any atom is -0.403 e. The number of rotatable bonds is 6. The van der Waals surface area contributed by atoms with Gasteiger partial charge in [-0.05, 0) is 68.2 Å². The molecule has 2 aliphatic heterocycles. The molecule has 6 rings (SSSR count). The van der Waals surface area contributed by atoms with Gasteiger partial charge in [0.1, 0.15) is 5.60 Å². The van der Waals surface area contributed by atoms with E-state index in [1.54, 1.807) is 36.4 Å². The minimum atomic E-state index is -4.54. The van der Waals surface area contributed by atoms with Gasteiger partial charge in [0, 0.05) is 25.2 Å². The van der Waals surface area contributed by atoms with E-state index in [9.17, 15) is 16.8 Å². The molecule has 2 heterocycles. The third-order valence-electron chi connectivity index (χ3n) is 11.1. The number of ketones is 1. The maximum Gasteiger partial charge on any atom is 0.200 e. The number of allylic oxidation sites excluding steroid dienone is 1. The van der Waals surface area contributed by atoms with Gasteiger partial charge in [0.05, 0.1) is 15.9 Å².